The van der Waals surface area contributed by atoms with Crippen molar-refractivity contribution in [1.29, 1.82) is 0 Å². The molecule has 2 aromatic heterocycles. The summed E-state index contributed by atoms with van der Waals surface area (Å²) in [6.45, 7) is 5.33. The van der Waals surface area contributed by atoms with Crippen LogP contribution in [0.25, 0.3) is 10.9 Å². The fourth-order valence-corrected chi connectivity index (χ4v) is 3.85. The second-order valence-corrected chi connectivity index (χ2v) is 6.85. The minimum Gasteiger partial charge on any atom is -0.497 e. The molecule has 1 N–H and O–H groups in total. The van der Waals surface area contributed by atoms with E-state index in [9.17, 15) is 0 Å². The molecule has 25 heavy (non-hydrogen) atoms. The number of aromatic nitrogens is 3. The van der Waals surface area contributed by atoms with Crippen molar-refractivity contribution in [3.8, 4) is 5.75 Å². The zero-order valence-corrected chi connectivity index (χ0v) is 14.8. The van der Waals surface area contributed by atoms with Crippen LogP contribution < -0.4 is 4.74 Å². The number of rotatable bonds is 4. The van der Waals surface area contributed by atoms with E-state index in [4.69, 9.17) is 4.74 Å². The molecule has 0 saturated carbocycles. The molecule has 1 aromatic carbocycles. The van der Waals surface area contributed by atoms with Crippen LogP contribution in [-0.2, 0) is 6.54 Å². The number of benzene rings is 1. The van der Waals surface area contributed by atoms with Crippen LogP contribution in [0.4, 0.5) is 0 Å². The van der Waals surface area contributed by atoms with Crippen molar-refractivity contribution in [3.63, 3.8) is 0 Å². The molecule has 5 heteroatoms. The summed E-state index contributed by atoms with van der Waals surface area (Å²) in [6, 6.07) is 8.28. The van der Waals surface area contributed by atoms with E-state index in [1.807, 2.05) is 12.3 Å². The maximum atomic E-state index is 5.36. The topological polar surface area (TPSA) is 54.0 Å². The van der Waals surface area contributed by atoms with Crippen molar-refractivity contribution in [3.05, 3.63) is 53.7 Å². The average molecular weight is 336 g/mol. The number of methoxy groups -OCH3 is 1. The van der Waals surface area contributed by atoms with Gasteiger partial charge in [-0.25, -0.2) is 9.97 Å². The van der Waals surface area contributed by atoms with Crippen molar-refractivity contribution >= 4 is 10.9 Å². The van der Waals surface area contributed by atoms with E-state index in [2.05, 4.69) is 45.0 Å². The summed E-state index contributed by atoms with van der Waals surface area (Å²) >= 11 is 0. The van der Waals surface area contributed by atoms with Crippen LogP contribution in [0.3, 0.4) is 0 Å². The van der Waals surface area contributed by atoms with E-state index >= 15 is 0 Å². The first-order valence-electron chi connectivity index (χ1n) is 8.88. The molecule has 1 fully saturated rings. The van der Waals surface area contributed by atoms with E-state index in [1.165, 1.54) is 35.0 Å². The number of aryl methyl sites for hydroxylation is 1. The van der Waals surface area contributed by atoms with Gasteiger partial charge in [0.05, 0.1) is 7.11 Å². The highest BCUT2D eigenvalue weighted by molar-refractivity contribution is 5.85. The largest absolute Gasteiger partial charge is 0.497 e. The van der Waals surface area contributed by atoms with E-state index in [1.54, 1.807) is 13.4 Å². The lowest BCUT2D eigenvalue weighted by Crippen LogP contribution is -2.34. The van der Waals surface area contributed by atoms with Crippen molar-refractivity contribution in [2.24, 2.45) is 0 Å². The molecular weight excluding hydrogens is 312 g/mol. The van der Waals surface area contributed by atoms with Gasteiger partial charge in [-0.1, -0.05) is 0 Å². The molecule has 4 rings (SSSR count). The Bertz CT molecular complexity index is 859. The Morgan fingerprint density at radius 1 is 1.32 bits per heavy atom. The van der Waals surface area contributed by atoms with Crippen molar-refractivity contribution in [1.82, 2.24) is 19.9 Å². The molecule has 1 atom stereocenters. The van der Waals surface area contributed by atoms with Gasteiger partial charge in [0.25, 0.3) is 0 Å². The Labute approximate surface area is 148 Å². The summed E-state index contributed by atoms with van der Waals surface area (Å²) in [5.41, 5.74) is 4.96. The van der Waals surface area contributed by atoms with Crippen LogP contribution in [0, 0.1) is 6.92 Å². The third-order valence-electron chi connectivity index (χ3n) is 5.28. The Morgan fingerprint density at radius 2 is 2.24 bits per heavy atom. The number of likely N-dealkylation sites (tertiary alicyclic amines) is 1. The quantitative estimate of drug-likeness (QED) is 0.790. The minimum absolute atomic E-state index is 0.501. The molecule has 0 aliphatic carbocycles. The number of hydrogen-bond donors (Lipinski definition) is 1. The lowest BCUT2D eigenvalue weighted by molar-refractivity contribution is 0.196. The van der Waals surface area contributed by atoms with Gasteiger partial charge in [0.2, 0.25) is 0 Å². The molecule has 1 saturated heterocycles. The van der Waals surface area contributed by atoms with Gasteiger partial charge >= 0.3 is 0 Å². The molecule has 0 radical (unpaired) electrons. The molecule has 3 heterocycles. The van der Waals surface area contributed by atoms with Crippen LogP contribution >= 0.6 is 0 Å². The molecule has 1 aliphatic heterocycles. The van der Waals surface area contributed by atoms with E-state index in [0.717, 1.165) is 31.1 Å². The van der Waals surface area contributed by atoms with Crippen molar-refractivity contribution < 1.29 is 4.74 Å². The van der Waals surface area contributed by atoms with Crippen LogP contribution in [-0.4, -0.2) is 40.1 Å². The number of H-pyrrole nitrogens is 1. The molecule has 1 aliphatic rings. The third-order valence-corrected chi connectivity index (χ3v) is 5.28. The predicted octanol–water partition coefficient (Wildman–Crippen LogP) is 3.65. The lowest BCUT2D eigenvalue weighted by atomic mass is 9.94. The SMILES string of the molecule is COc1ccc2[nH]c(CN3CCCC(c4ccncn4)C3)c(C)c2c1. The smallest absolute Gasteiger partial charge is 0.119 e. The number of aromatic amines is 1. The summed E-state index contributed by atoms with van der Waals surface area (Å²) in [5, 5.41) is 1.25. The van der Waals surface area contributed by atoms with Crippen LogP contribution in [0.5, 0.6) is 5.75 Å². The monoisotopic (exact) mass is 336 g/mol. The normalized spacial score (nSPS) is 18.6. The summed E-state index contributed by atoms with van der Waals surface area (Å²) in [7, 11) is 1.71. The van der Waals surface area contributed by atoms with Crippen LogP contribution in [0.2, 0.25) is 0 Å². The molecule has 0 amide bonds. The van der Waals surface area contributed by atoms with Gasteiger partial charge in [0, 0.05) is 47.5 Å². The van der Waals surface area contributed by atoms with Gasteiger partial charge in [-0.15, -0.1) is 0 Å². The predicted molar refractivity (Wildman–Crippen MR) is 98.9 cm³/mol. The summed E-state index contributed by atoms with van der Waals surface area (Å²) in [5.74, 6) is 1.41. The Balaban J connectivity index is 1.53. The van der Waals surface area contributed by atoms with E-state index < -0.39 is 0 Å². The van der Waals surface area contributed by atoms with Crippen molar-refractivity contribution in [2.45, 2.75) is 32.2 Å². The lowest BCUT2D eigenvalue weighted by Gasteiger charge is -2.32. The van der Waals surface area contributed by atoms with Crippen molar-refractivity contribution in [2.75, 3.05) is 20.2 Å². The molecule has 1 unspecified atom stereocenters. The summed E-state index contributed by atoms with van der Waals surface area (Å²) < 4.78 is 5.36. The Kier molecular flexibility index (Phi) is 4.40. The first kappa shape index (κ1) is 16.1. The first-order chi connectivity index (χ1) is 12.2. The molecule has 5 nitrogen and oxygen atoms in total. The van der Waals surface area contributed by atoms with Gasteiger partial charge in [-0.05, 0) is 56.1 Å². The number of fused-ring (bicyclic) bond motifs is 1. The first-order valence-corrected chi connectivity index (χ1v) is 8.88. The number of piperidine rings is 1. The molecule has 3 aromatic rings. The second-order valence-electron chi connectivity index (χ2n) is 6.85. The number of ether oxygens (including phenoxy) is 1. The third kappa shape index (κ3) is 3.24. The van der Waals surface area contributed by atoms with Gasteiger partial charge in [0.1, 0.15) is 12.1 Å². The zero-order valence-electron chi connectivity index (χ0n) is 14.8. The van der Waals surface area contributed by atoms with Crippen LogP contribution in [0.1, 0.15) is 35.7 Å². The molecule has 130 valence electrons. The Hall–Kier alpha value is -2.40. The fraction of sp³-hybridized carbons (Fsp3) is 0.400. The highest BCUT2D eigenvalue weighted by Gasteiger charge is 2.23. The standard InChI is InChI=1S/C20H24N4O/c1-14-17-10-16(25-2)5-6-19(17)23-20(14)12-24-9-3-4-15(11-24)18-7-8-21-13-22-18/h5-8,10,13,15,23H,3-4,9,11-12H2,1-2H3. The highest BCUT2D eigenvalue weighted by atomic mass is 16.5. The Morgan fingerprint density at radius 3 is 3.04 bits per heavy atom. The summed E-state index contributed by atoms with van der Waals surface area (Å²) in [6.07, 6.45) is 5.91. The van der Waals surface area contributed by atoms with Gasteiger partial charge in [-0.3, -0.25) is 4.90 Å². The minimum atomic E-state index is 0.501. The number of nitrogens with one attached hydrogen (secondary N) is 1. The van der Waals surface area contributed by atoms with Crippen LogP contribution in [0.15, 0.2) is 36.8 Å². The molecule has 0 bridgehead atoms. The highest BCUT2D eigenvalue weighted by Crippen LogP contribution is 2.29. The zero-order chi connectivity index (χ0) is 17.2. The molecular formula is C20H24N4O. The number of hydrogen-bond acceptors (Lipinski definition) is 4. The number of nitrogens with zero attached hydrogens (tertiary/aromatic N) is 3. The summed E-state index contributed by atoms with van der Waals surface area (Å²) in [4.78, 5) is 14.6. The average Bonchev–Trinajstić information content (AvgIpc) is 2.98. The second kappa shape index (κ2) is 6.84. The van der Waals surface area contributed by atoms with Gasteiger partial charge < -0.3 is 9.72 Å². The van der Waals surface area contributed by atoms with E-state index in [-0.39, 0.29) is 0 Å². The maximum absolute atomic E-state index is 5.36. The van der Waals surface area contributed by atoms with Gasteiger partial charge in [0.15, 0.2) is 0 Å². The molecule has 0 spiro atoms. The van der Waals surface area contributed by atoms with E-state index in [0.29, 0.717) is 5.92 Å². The maximum Gasteiger partial charge on any atom is 0.119 e. The van der Waals surface area contributed by atoms with Gasteiger partial charge in [-0.2, -0.15) is 0 Å². The fourth-order valence-electron chi connectivity index (χ4n) is 3.85.